The highest BCUT2D eigenvalue weighted by Crippen LogP contribution is 2.13. The first kappa shape index (κ1) is 13.3. The summed E-state index contributed by atoms with van der Waals surface area (Å²) in [7, 11) is 0. The molecule has 2 rings (SSSR count). The summed E-state index contributed by atoms with van der Waals surface area (Å²) in [6, 6.07) is 0. The van der Waals surface area contributed by atoms with E-state index < -0.39 is 56.2 Å². The highest BCUT2D eigenvalue weighted by atomic mass is 19.4. The second-order valence-electron chi connectivity index (χ2n) is 3.78. The summed E-state index contributed by atoms with van der Waals surface area (Å²) in [5.74, 6) is -6.45. The molecule has 154 valence electrons. The van der Waals surface area contributed by atoms with Crippen LogP contribution in [0.15, 0.2) is 12.4 Å². The third-order valence-electron chi connectivity index (χ3n) is 1.77. The average Bonchev–Trinajstić information content (AvgIpc) is 2.60. The monoisotopic (exact) mass is 416 g/mol. The molecule has 1 aliphatic heterocycles. The van der Waals surface area contributed by atoms with Gasteiger partial charge in [0.1, 0.15) is 0 Å². The first-order valence-corrected chi connectivity index (χ1v) is 5.92. The Bertz CT molecular complexity index is 866. The van der Waals surface area contributed by atoms with Gasteiger partial charge < -0.3 is 25.5 Å². The smallest absolute Gasteiger partial charge is 0.490 e. The van der Waals surface area contributed by atoms with Crippen molar-refractivity contribution in [1.82, 2.24) is 15.3 Å². The van der Waals surface area contributed by atoms with Gasteiger partial charge >= 0.3 is 24.3 Å². The van der Waals surface area contributed by atoms with Crippen molar-refractivity contribution in [2.75, 3.05) is 30.9 Å². The van der Waals surface area contributed by atoms with Gasteiger partial charge in [0.15, 0.2) is 5.75 Å². The molecule has 0 atom stereocenters. The van der Waals surface area contributed by atoms with Crippen LogP contribution < -0.4 is 10.2 Å². The number of rotatable bonds is 1. The first-order chi connectivity index (χ1) is 15.2. The zero-order valence-electron chi connectivity index (χ0n) is 20.4. The molecule has 0 radical (unpaired) electrons. The number of carbonyl (C=O) groups is 2. The zero-order valence-corrected chi connectivity index (χ0v) is 12.4. The standard InChI is InChI=1S/C8H12N4O.2C2HF3O2/c13-7-5-10-8(11-6-7)12-3-1-9-2-4-12;2*3-2(4,5)1(6)7/h5-6,9,13H,1-4H2;2*(H,6,7)/i1D2,2D2,3D2,4D2;;. The number of halogens is 6. The second-order valence-corrected chi connectivity index (χ2v) is 3.78. The van der Waals surface area contributed by atoms with Gasteiger partial charge in [-0.3, -0.25) is 0 Å². The van der Waals surface area contributed by atoms with Crippen LogP contribution >= 0.6 is 0 Å². The molecule has 0 aromatic carbocycles. The molecule has 1 aliphatic rings. The number of nitrogens with one attached hydrogen (secondary N) is 1. The number of carboxylic acid groups (broad SMARTS) is 2. The van der Waals surface area contributed by atoms with Gasteiger partial charge in [0, 0.05) is 31.5 Å². The fraction of sp³-hybridized carbons (Fsp3) is 0.500. The van der Waals surface area contributed by atoms with Gasteiger partial charge in [-0.05, 0) is 0 Å². The van der Waals surface area contributed by atoms with Gasteiger partial charge in [0.25, 0.3) is 0 Å². The molecule has 1 fully saturated rings. The van der Waals surface area contributed by atoms with Gasteiger partial charge in [0.05, 0.1) is 17.9 Å². The predicted octanol–water partition coefficient (Wildman–Crippen LogP) is 0.858. The van der Waals surface area contributed by atoms with Crippen LogP contribution in [-0.2, 0) is 9.59 Å². The minimum Gasteiger partial charge on any atom is -0.505 e. The van der Waals surface area contributed by atoms with Crippen LogP contribution in [0.1, 0.15) is 11.0 Å². The molecule has 15 heteroatoms. The number of carboxylic acids is 2. The molecule has 27 heavy (non-hydrogen) atoms. The topological polar surface area (TPSA) is 136 Å². The van der Waals surface area contributed by atoms with Crippen molar-refractivity contribution in [2.24, 2.45) is 0 Å². The average molecular weight is 416 g/mol. The van der Waals surface area contributed by atoms with Gasteiger partial charge in [-0.25, -0.2) is 19.6 Å². The van der Waals surface area contributed by atoms with Crippen molar-refractivity contribution in [1.29, 1.82) is 0 Å². The fourth-order valence-corrected chi connectivity index (χ4v) is 0.757. The Balaban J connectivity index is 0.000000680. The molecule has 1 aromatic heterocycles. The van der Waals surface area contributed by atoms with Crippen LogP contribution in [0.3, 0.4) is 0 Å². The van der Waals surface area contributed by atoms with Gasteiger partial charge in [0.2, 0.25) is 5.95 Å². The number of anilines is 1. The van der Waals surface area contributed by atoms with Crippen molar-refractivity contribution in [3.05, 3.63) is 12.4 Å². The largest absolute Gasteiger partial charge is 0.505 e. The Morgan fingerprint density at radius 2 is 1.33 bits per heavy atom. The molecule has 2 heterocycles. The lowest BCUT2D eigenvalue weighted by atomic mass is 10.4. The summed E-state index contributed by atoms with van der Waals surface area (Å²) >= 11 is 0. The number of aromatic hydroxyl groups is 1. The number of alkyl halides is 6. The minimum absolute atomic E-state index is 0.190. The van der Waals surface area contributed by atoms with Crippen molar-refractivity contribution < 1.29 is 62.2 Å². The van der Waals surface area contributed by atoms with Crippen molar-refractivity contribution in [3.8, 4) is 5.75 Å². The lowest BCUT2D eigenvalue weighted by Crippen LogP contribution is -2.44. The summed E-state index contributed by atoms with van der Waals surface area (Å²) in [6.07, 6.45) is -8.41. The number of piperazine rings is 1. The van der Waals surface area contributed by atoms with Gasteiger partial charge in [-0.1, -0.05) is 0 Å². The summed E-state index contributed by atoms with van der Waals surface area (Å²) in [4.78, 5) is 25.1. The fourth-order valence-electron chi connectivity index (χ4n) is 0.757. The Labute approximate surface area is 158 Å². The normalized spacial score (nSPS) is 26.1. The number of nitrogens with zero attached hydrogens (tertiary/aromatic N) is 3. The molecule has 0 unspecified atom stereocenters. The summed E-state index contributed by atoms with van der Waals surface area (Å²) in [6.45, 7) is -11.8. The minimum atomic E-state index is -5.08. The maximum Gasteiger partial charge on any atom is 0.490 e. The molecular formula is C12H14F6N4O5. The molecule has 0 amide bonds. The van der Waals surface area contributed by atoms with E-state index >= 15 is 0 Å². The quantitative estimate of drug-likeness (QED) is 0.492. The summed E-state index contributed by atoms with van der Waals surface area (Å²) in [5, 5.41) is 25.1. The Morgan fingerprint density at radius 3 is 1.63 bits per heavy atom. The molecule has 0 bridgehead atoms. The van der Waals surface area contributed by atoms with Gasteiger partial charge in [-0.15, -0.1) is 0 Å². The van der Waals surface area contributed by atoms with E-state index in [-0.39, 0.29) is 10.6 Å². The van der Waals surface area contributed by atoms with E-state index in [9.17, 15) is 26.3 Å². The SMILES string of the molecule is O=C(O)C(F)(F)F.O=C(O)C(F)(F)F.[2H]C1([2H])NC([2H])([2H])C([2H])([2H])N(c2ncc(O)cn2)C1([2H])[2H]. The Hall–Kier alpha value is -2.84. The predicted molar refractivity (Wildman–Crippen MR) is 76.2 cm³/mol. The van der Waals surface area contributed by atoms with E-state index in [4.69, 9.17) is 35.9 Å². The highest BCUT2D eigenvalue weighted by Gasteiger charge is 2.38. The van der Waals surface area contributed by atoms with E-state index in [1.807, 2.05) is 0 Å². The molecule has 1 saturated heterocycles. The van der Waals surface area contributed by atoms with Crippen LogP contribution in [0, 0.1) is 0 Å². The molecule has 0 spiro atoms. The van der Waals surface area contributed by atoms with E-state index in [0.29, 0.717) is 0 Å². The van der Waals surface area contributed by atoms with Crippen LogP contribution in [0.25, 0.3) is 0 Å². The van der Waals surface area contributed by atoms with E-state index in [2.05, 4.69) is 9.97 Å². The summed E-state index contributed by atoms with van der Waals surface area (Å²) in [5.41, 5.74) is 0. The van der Waals surface area contributed by atoms with E-state index in [1.165, 1.54) is 0 Å². The molecular weight excluding hydrogens is 394 g/mol. The third kappa shape index (κ3) is 10.7. The van der Waals surface area contributed by atoms with Crippen molar-refractivity contribution >= 4 is 17.9 Å². The third-order valence-corrected chi connectivity index (χ3v) is 1.77. The van der Waals surface area contributed by atoms with Crippen LogP contribution in [0.2, 0.25) is 0 Å². The second kappa shape index (κ2) is 10.3. The van der Waals surface area contributed by atoms with Crippen molar-refractivity contribution in [2.45, 2.75) is 12.4 Å². The Morgan fingerprint density at radius 1 is 1.00 bits per heavy atom. The molecule has 0 aliphatic carbocycles. The number of aliphatic carboxylic acids is 2. The first-order valence-electron chi connectivity index (χ1n) is 9.92. The molecule has 9 nitrogen and oxygen atoms in total. The van der Waals surface area contributed by atoms with Crippen LogP contribution in [0.4, 0.5) is 32.3 Å². The zero-order chi connectivity index (χ0) is 28.4. The van der Waals surface area contributed by atoms with Crippen LogP contribution in [-0.4, -0.2) is 75.6 Å². The summed E-state index contributed by atoms with van der Waals surface area (Å²) < 4.78 is 125. The maximum atomic E-state index is 10.6. The number of hydrogen-bond acceptors (Lipinski definition) is 7. The maximum absolute atomic E-state index is 10.6. The van der Waals surface area contributed by atoms with Gasteiger partial charge in [-0.2, -0.15) is 26.3 Å². The van der Waals surface area contributed by atoms with Crippen LogP contribution in [0.5, 0.6) is 5.75 Å². The lowest BCUT2D eigenvalue weighted by molar-refractivity contribution is -0.193. The lowest BCUT2D eigenvalue weighted by Gasteiger charge is -2.26. The molecule has 1 aromatic rings. The number of hydrogen-bond donors (Lipinski definition) is 4. The van der Waals surface area contributed by atoms with E-state index in [1.54, 1.807) is 5.32 Å². The Kier molecular flexibility index (Phi) is 5.11. The highest BCUT2D eigenvalue weighted by molar-refractivity contribution is 5.73. The molecule has 4 N–H and O–H groups in total. The van der Waals surface area contributed by atoms with Crippen molar-refractivity contribution in [3.63, 3.8) is 0 Å². The number of aromatic nitrogens is 2. The molecule has 0 saturated carbocycles. The van der Waals surface area contributed by atoms with E-state index in [0.717, 1.165) is 12.4 Å².